The van der Waals surface area contributed by atoms with Gasteiger partial charge in [-0.1, -0.05) is 6.42 Å². The molecular weight excluding hydrogens is 250 g/mol. The molecule has 2 saturated heterocycles. The van der Waals surface area contributed by atoms with Crippen molar-refractivity contribution in [3.8, 4) is 0 Å². The van der Waals surface area contributed by atoms with E-state index < -0.39 is 10.2 Å². The quantitative estimate of drug-likeness (QED) is 0.794. The van der Waals surface area contributed by atoms with E-state index in [1.54, 1.807) is 4.31 Å². The van der Waals surface area contributed by atoms with Crippen molar-refractivity contribution in [2.24, 2.45) is 5.92 Å². The molecule has 2 N–H and O–H groups in total. The Morgan fingerprint density at radius 2 is 1.94 bits per heavy atom. The third-order valence-electron chi connectivity index (χ3n) is 4.06. The van der Waals surface area contributed by atoms with Gasteiger partial charge in [-0.2, -0.15) is 12.7 Å². The maximum Gasteiger partial charge on any atom is 0.279 e. The highest BCUT2D eigenvalue weighted by atomic mass is 32.2. The summed E-state index contributed by atoms with van der Waals surface area (Å²) in [4.78, 5) is 0. The molecule has 2 aliphatic rings. The second-order valence-electron chi connectivity index (χ2n) is 5.50. The maximum absolute atomic E-state index is 12.2. The van der Waals surface area contributed by atoms with Crippen LogP contribution in [-0.4, -0.2) is 44.9 Å². The molecule has 0 aromatic heterocycles. The molecule has 0 aromatic carbocycles. The summed E-state index contributed by atoms with van der Waals surface area (Å²) in [5.41, 5.74) is 0. The van der Waals surface area contributed by atoms with Crippen LogP contribution in [0.1, 0.15) is 39.0 Å². The van der Waals surface area contributed by atoms with Crippen LogP contribution in [0.3, 0.4) is 0 Å². The van der Waals surface area contributed by atoms with Gasteiger partial charge in [0.25, 0.3) is 10.2 Å². The predicted octanol–water partition coefficient (Wildman–Crippen LogP) is 0.695. The lowest BCUT2D eigenvalue weighted by Crippen LogP contribution is -2.49. The monoisotopic (exact) mass is 275 g/mol. The summed E-state index contributed by atoms with van der Waals surface area (Å²) in [6, 6.07) is 0.143. The first-order valence-electron chi connectivity index (χ1n) is 7.07. The zero-order chi connectivity index (χ0) is 13.0. The van der Waals surface area contributed by atoms with Crippen LogP contribution in [0.15, 0.2) is 0 Å². The van der Waals surface area contributed by atoms with Crippen molar-refractivity contribution in [3.63, 3.8) is 0 Å². The van der Waals surface area contributed by atoms with Crippen LogP contribution in [0, 0.1) is 5.92 Å². The van der Waals surface area contributed by atoms with Crippen molar-refractivity contribution in [2.75, 3.05) is 26.2 Å². The largest absolute Gasteiger partial charge is 0.317 e. The second-order valence-corrected chi connectivity index (χ2v) is 7.21. The molecule has 18 heavy (non-hydrogen) atoms. The number of rotatable bonds is 4. The fourth-order valence-electron chi connectivity index (χ4n) is 2.82. The minimum absolute atomic E-state index is 0.143. The van der Waals surface area contributed by atoms with E-state index in [0.717, 1.165) is 45.2 Å². The van der Waals surface area contributed by atoms with Gasteiger partial charge >= 0.3 is 0 Å². The molecule has 106 valence electrons. The van der Waals surface area contributed by atoms with Crippen LogP contribution in [0.25, 0.3) is 0 Å². The van der Waals surface area contributed by atoms with Gasteiger partial charge in [0.15, 0.2) is 0 Å². The summed E-state index contributed by atoms with van der Waals surface area (Å²) in [7, 11) is -3.27. The molecule has 6 heteroatoms. The molecule has 0 amide bonds. The fraction of sp³-hybridized carbons (Fsp3) is 1.00. The molecular formula is C12H25N3O2S. The zero-order valence-corrected chi connectivity index (χ0v) is 12.0. The highest BCUT2D eigenvalue weighted by molar-refractivity contribution is 7.87. The minimum Gasteiger partial charge on any atom is -0.317 e. The van der Waals surface area contributed by atoms with Crippen LogP contribution >= 0.6 is 0 Å². The average Bonchev–Trinajstić information content (AvgIpc) is 2.38. The van der Waals surface area contributed by atoms with Gasteiger partial charge in [0.2, 0.25) is 0 Å². The predicted molar refractivity (Wildman–Crippen MR) is 72.5 cm³/mol. The molecule has 0 bridgehead atoms. The first-order valence-corrected chi connectivity index (χ1v) is 8.51. The van der Waals surface area contributed by atoms with Gasteiger partial charge in [-0.25, -0.2) is 4.72 Å². The Kier molecular flexibility index (Phi) is 5.00. The second kappa shape index (κ2) is 6.32. The zero-order valence-electron chi connectivity index (χ0n) is 11.2. The van der Waals surface area contributed by atoms with Crippen molar-refractivity contribution in [2.45, 2.75) is 45.1 Å². The maximum atomic E-state index is 12.2. The topological polar surface area (TPSA) is 61.4 Å². The summed E-state index contributed by atoms with van der Waals surface area (Å²) in [6.07, 6.45) is 5.24. The molecule has 1 unspecified atom stereocenters. The van der Waals surface area contributed by atoms with E-state index in [2.05, 4.69) is 10.0 Å². The Bertz CT molecular complexity index is 352. The molecule has 2 heterocycles. The molecule has 1 atom stereocenters. The smallest absolute Gasteiger partial charge is 0.279 e. The van der Waals surface area contributed by atoms with Crippen LogP contribution in [0.4, 0.5) is 0 Å². The standard InChI is InChI=1S/C12H25N3O2S/c1-11-4-2-3-9-15(11)18(16,17)14-10-12-5-7-13-8-6-12/h11-14H,2-10H2,1H3. The lowest BCUT2D eigenvalue weighted by molar-refractivity contribution is 0.263. The van der Waals surface area contributed by atoms with Crippen molar-refractivity contribution in [1.82, 2.24) is 14.3 Å². The van der Waals surface area contributed by atoms with Crippen molar-refractivity contribution >= 4 is 10.2 Å². The van der Waals surface area contributed by atoms with E-state index in [1.165, 1.54) is 0 Å². The molecule has 5 nitrogen and oxygen atoms in total. The molecule has 2 rings (SSSR count). The van der Waals surface area contributed by atoms with Gasteiger partial charge in [-0.05, 0) is 51.6 Å². The third-order valence-corrected chi connectivity index (χ3v) is 5.76. The lowest BCUT2D eigenvalue weighted by Gasteiger charge is -2.33. The van der Waals surface area contributed by atoms with Gasteiger partial charge in [0, 0.05) is 19.1 Å². The summed E-state index contributed by atoms with van der Waals surface area (Å²) >= 11 is 0. The Morgan fingerprint density at radius 3 is 2.61 bits per heavy atom. The number of nitrogens with zero attached hydrogens (tertiary/aromatic N) is 1. The van der Waals surface area contributed by atoms with E-state index in [1.807, 2.05) is 6.92 Å². The minimum atomic E-state index is -3.27. The van der Waals surface area contributed by atoms with Gasteiger partial charge in [0.1, 0.15) is 0 Å². The van der Waals surface area contributed by atoms with Gasteiger partial charge in [0.05, 0.1) is 0 Å². The molecule has 0 saturated carbocycles. The highest BCUT2D eigenvalue weighted by Crippen LogP contribution is 2.19. The molecule has 2 fully saturated rings. The third kappa shape index (κ3) is 3.66. The van der Waals surface area contributed by atoms with Gasteiger partial charge in [-0.15, -0.1) is 0 Å². The number of piperidine rings is 2. The van der Waals surface area contributed by atoms with Crippen LogP contribution in [0.5, 0.6) is 0 Å². The molecule has 0 aromatic rings. The molecule has 0 spiro atoms. The first kappa shape index (κ1) is 14.2. The molecule has 0 aliphatic carbocycles. The van der Waals surface area contributed by atoms with Crippen LogP contribution in [0.2, 0.25) is 0 Å². The molecule has 0 radical (unpaired) electrons. The first-order chi connectivity index (χ1) is 8.59. The van der Waals surface area contributed by atoms with Crippen molar-refractivity contribution in [3.05, 3.63) is 0 Å². The molecule has 2 aliphatic heterocycles. The van der Waals surface area contributed by atoms with Gasteiger partial charge < -0.3 is 5.32 Å². The van der Waals surface area contributed by atoms with Crippen LogP contribution < -0.4 is 10.0 Å². The summed E-state index contributed by atoms with van der Waals surface area (Å²) in [5, 5.41) is 3.29. The Labute approximate surface area is 110 Å². The van der Waals surface area contributed by atoms with E-state index in [0.29, 0.717) is 19.0 Å². The summed E-state index contributed by atoms with van der Waals surface area (Å²) in [5.74, 6) is 0.487. The van der Waals surface area contributed by atoms with Crippen molar-refractivity contribution < 1.29 is 8.42 Å². The number of nitrogens with one attached hydrogen (secondary N) is 2. The van der Waals surface area contributed by atoms with Crippen LogP contribution in [-0.2, 0) is 10.2 Å². The van der Waals surface area contributed by atoms with Gasteiger partial charge in [-0.3, -0.25) is 0 Å². The van der Waals surface area contributed by atoms with E-state index in [4.69, 9.17) is 0 Å². The fourth-order valence-corrected chi connectivity index (χ4v) is 4.38. The van der Waals surface area contributed by atoms with E-state index in [-0.39, 0.29) is 6.04 Å². The summed E-state index contributed by atoms with van der Waals surface area (Å²) in [6.45, 7) is 5.28. The number of hydrogen-bond donors (Lipinski definition) is 2. The SMILES string of the molecule is CC1CCCCN1S(=O)(=O)NCC1CCNCC1. The van der Waals surface area contributed by atoms with Crippen molar-refractivity contribution in [1.29, 1.82) is 0 Å². The summed E-state index contributed by atoms with van der Waals surface area (Å²) < 4.78 is 28.9. The Morgan fingerprint density at radius 1 is 1.22 bits per heavy atom. The number of hydrogen-bond acceptors (Lipinski definition) is 3. The highest BCUT2D eigenvalue weighted by Gasteiger charge is 2.29. The average molecular weight is 275 g/mol. The van der Waals surface area contributed by atoms with E-state index in [9.17, 15) is 8.42 Å². The normalized spacial score (nSPS) is 28.4. The lowest BCUT2D eigenvalue weighted by atomic mass is 9.99. The Balaban J connectivity index is 1.85. The van der Waals surface area contributed by atoms with E-state index >= 15 is 0 Å². The Hall–Kier alpha value is -0.170.